The van der Waals surface area contributed by atoms with Gasteiger partial charge in [-0.3, -0.25) is 4.79 Å². The molecule has 142 valence electrons. The van der Waals surface area contributed by atoms with Gasteiger partial charge in [0.15, 0.2) is 0 Å². The zero-order valence-electron chi connectivity index (χ0n) is 16.3. The van der Waals surface area contributed by atoms with E-state index in [9.17, 15) is 4.79 Å². The normalized spacial score (nSPS) is 24.0. The fraction of sp³-hybridized carbons (Fsp3) is 0.667. The van der Waals surface area contributed by atoms with Crippen molar-refractivity contribution in [1.29, 1.82) is 0 Å². The highest BCUT2D eigenvalue weighted by molar-refractivity contribution is 5.73. The largest absolute Gasteiger partial charge is 0.480 e. The topological polar surface area (TPSA) is 75.3 Å². The molecule has 1 aromatic carbocycles. The van der Waals surface area contributed by atoms with Gasteiger partial charge in [-0.05, 0) is 41.9 Å². The average molecular weight is 349 g/mol. The van der Waals surface area contributed by atoms with Gasteiger partial charge in [0, 0.05) is 12.2 Å². The predicted molar refractivity (Wildman–Crippen MR) is 106 cm³/mol. The number of benzene rings is 1. The first-order valence-electron chi connectivity index (χ1n) is 9.82. The third-order valence-corrected chi connectivity index (χ3v) is 5.36. The van der Waals surface area contributed by atoms with Crippen LogP contribution in [0.3, 0.4) is 0 Å². The molecule has 4 atom stereocenters. The van der Waals surface area contributed by atoms with Gasteiger partial charge in [0.2, 0.25) is 0 Å². The molecule has 1 aliphatic carbocycles. The molecule has 0 heterocycles. The van der Waals surface area contributed by atoms with E-state index in [4.69, 9.17) is 10.8 Å². The molecule has 4 unspecified atom stereocenters. The molecule has 0 bridgehead atoms. The third-order valence-electron chi connectivity index (χ3n) is 5.36. The Balaban J connectivity index is 0.00000151. The predicted octanol–water partition coefficient (Wildman–Crippen LogP) is 4.54. The van der Waals surface area contributed by atoms with E-state index in [1.54, 1.807) is 0 Å². The van der Waals surface area contributed by atoms with E-state index in [-0.39, 0.29) is 0 Å². The van der Waals surface area contributed by atoms with Crippen LogP contribution in [0.4, 0.5) is 5.69 Å². The molecule has 0 aliphatic heterocycles. The van der Waals surface area contributed by atoms with Gasteiger partial charge in [0.05, 0.1) is 0 Å². The quantitative estimate of drug-likeness (QED) is 0.676. The van der Waals surface area contributed by atoms with Crippen LogP contribution < -0.4 is 11.1 Å². The van der Waals surface area contributed by atoms with E-state index in [0.717, 1.165) is 35.5 Å². The first-order valence-corrected chi connectivity index (χ1v) is 9.82. The van der Waals surface area contributed by atoms with Crippen molar-refractivity contribution in [2.24, 2.45) is 23.5 Å². The van der Waals surface area contributed by atoms with Crippen LogP contribution in [0.25, 0.3) is 0 Å². The molecule has 1 fully saturated rings. The minimum atomic E-state index is -0.955. The standard InChI is InChI=1S/C19H30N2O2.C2H6/c1-3-15-6-4-5-13(2)17(15)12-21-16-9-7-14(8-10-16)11-18(20)19(22)23;1-2/h7-10,13,15,17-18,21H,3-6,11-12,20H2,1-2H3,(H,22,23);1-2H3. The van der Waals surface area contributed by atoms with Crippen molar-refractivity contribution in [3.63, 3.8) is 0 Å². The number of carbonyl (C=O) groups is 1. The lowest BCUT2D eigenvalue weighted by atomic mass is 9.71. The van der Waals surface area contributed by atoms with Crippen LogP contribution in [0, 0.1) is 17.8 Å². The van der Waals surface area contributed by atoms with Gasteiger partial charge in [-0.25, -0.2) is 0 Å². The summed E-state index contributed by atoms with van der Waals surface area (Å²) in [5, 5.41) is 12.4. The minimum absolute atomic E-state index is 0.368. The molecular weight excluding hydrogens is 312 g/mol. The van der Waals surface area contributed by atoms with E-state index in [1.165, 1.54) is 25.7 Å². The second-order valence-corrected chi connectivity index (χ2v) is 6.97. The number of carboxylic acids is 1. The first-order chi connectivity index (χ1) is 12.0. The number of anilines is 1. The van der Waals surface area contributed by atoms with Gasteiger partial charge in [-0.2, -0.15) is 0 Å². The van der Waals surface area contributed by atoms with Gasteiger partial charge in [0.1, 0.15) is 6.04 Å². The molecule has 4 N–H and O–H groups in total. The van der Waals surface area contributed by atoms with Gasteiger partial charge in [0.25, 0.3) is 0 Å². The van der Waals surface area contributed by atoms with Crippen LogP contribution in [0.5, 0.6) is 0 Å². The molecule has 4 heteroatoms. The number of rotatable bonds is 7. The van der Waals surface area contributed by atoms with Gasteiger partial charge in [-0.15, -0.1) is 0 Å². The number of nitrogens with two attached hydrogens (primary N) is 1. The number of aliphatic carboxylic acids is 1. The maximum atomic E-state index is 10.8. The molecule has 0 aromatic heterocycles. The summed E-state index contributed by atoms with van der Waals surface area (Å²) in [6.45, 7) is 9.70. The van der Waals surface area contributed by atoms with Gasteiger partial charge >= 0.3 is 5.97 Å². The highest BCUT2D eigenvalue weighted by Crippen LogP contribution is 2.36. The molecular formula is C21H36N2O2. The summed E-state index contributed by atoms with van der Waals surface area (Å²) >= 11 is 0. The van der Waals surface area contributed by atoms with E-state index in [2.05, 4.69) is 19.2 Å². The Hall–Kier alpha value is -1.55. The zero-order valence-corrected chi connectivity index (χ0v) is 16.3. The lowest BCUT2D eigenvalue weighted by molar-refractivity contribution is -0.138. The summed E-state index contributed by atoms with van der Waals surface area (Å²) in [5.41, 5.74) is 7.64. The Morgan fingerprint density at radius 2 is 1.92 bits per heavy atom. The smallest absolute Gasteiger partial charge is 0.320 e. The molecule has 1 aliphatic rings. The van der Waals surface area contributed by atoms with E-state index in [1.807, 2.05) is 38.1 Å². The average Bonchev–Trinajstić information content (AvgIpc) is 2.63. The van der Waals surface area contributed by atoms with Crippen molar-refractivity contribution < 1.29 is 9.90 Å². The first kappa shape index (κ1) is 21.5. The molecule has 2 rings (SSSR count). The lowest BCUT2D eigenvalue weighted by Gasteiger charge is -2.36. The monoisotopic (exact) mass is 348 g/mol. The maximum absolute atomic E-state index is 10.8. The number of hydrogen-bond acceptors (Lipinski definition) is 3. The zero-order chi connectivity index (χ0) is 18.8. The van der Waals surface area contributed by atoms with Crippen molar-refractivity contribution >= 4 is 11.7 Å². The second kappa shape index (κ2) is 11.1. The highest BCUT2D eigenvalue weighted by atomic mass is 16.4. The molecule has 25 heavy (non-hydrogen) atoms. The molecule has 4 nitrogen and oxygen atoms in total. The summed E-state index contributed by atoms with van der Waals surface area (Å²) in [7, 11) is 0. The Kier molecular flexibility index (Phi) is 9.58. The van der Waals surface area contributed by atoms with Crippen LogP contribution in [0.1, 0.15) is 58.9 Å². The van der Waals surface area contributed by atoms with Crippen molar-refractivity contribution in [3.8, 4) is 0 Å². The van der Waals surface area contributed by atoms with Gasteiger partial charge in [-0.1, -0.05) is 65.5 Å². The fourth-order valence-corrected chi connectivity index (χ4v) is 3.81. The van der Waals surface area contributed by atoms with Crippen LogP contribution >= 0.6 is 0 Å². The summed E-state index contributed by atoms with van der Waals surface area (Å²) in [6.07, 6.45) is 5.71. The van der Waals surface area contributed by atoms with Crippen molar-refractivity contribution in [2.45, 2.75) is 65.8 Å². The highest BCUT2D eigenvalue weighted by Gasteiger charge is 2.29. The van der Waals surface area contributed by atoms with Crippen LogP contribution in [-0.2, 0) is 11.2 Å². The van der Waals surface area contributed by atoms with E-state index < -0.39 is 12.0 Å². The van der Waals surface area contributed by atoms with Crippen LogP contribution in [0.2, 0.25) is 0 Å². The molecule has 0 amide bonds. The number of nitrogens with one attached hydrogen (secondary N) is 1. The second-order valence-electron chi connectivity index (χ2n) is 6.97. The van der Waals surface area contributed by atoms with Crippen molar-refractivity contribution in [3.05, 3.63) is 29.8 Å². The molecule has 0 spiro atoms. The Labute approximate surface area is 153 Å². The Bertz CT molecular complexity index is 501. The molecule has 1 saturated carbocycles. The van der Waals surface area contributed by atoms with Gasteiger partial charge < -0.3 is 16.2 Å². The SMILES string of the molecule is CC.CCC1CCCC(C)C1CNc1ccc(CC(N)C(=O)O)cc1. The summed E-state index contributed by atoms with van der Waals surface area (Å²) < 4.78 is 0. The van der Waals surface area contributed by atoms with Crippen molar-refractivity contribution in [1.82, 2.24) is 0 Å². The van der Waals surface area contributed by atoms with Crippen molar-refractivity contribution in [2.75, 3.05) is 11.9 Å². The van der Waals surface area contributed by atoms with E-state index >= 15 is 0 Å². The molecule has 0 radical (unpaired) electrons. The Morgan fingerprint density at radius 1 is 1.28 bits per heavy atom. The Morgan fingerprint density at radius 3 is 2.48 bits per heavy atom. The third kappa shape index (κ3) is 6.69. The maximum Gasteiger partial charge on any atom is 0.320 e. The summed E-state index contributed by atoms with van der Waals surface area (Å²) in [5.74, 6) is 1.41. The molecule has 0 saturated heterocycles. The molecule has 1 aromatic rings. The fourth-order valence-electron chi connectivity index (χ4n) is 3.81. The number of carboxylic acid groups (broad SMARTS) is 1. The van der Waals surface area contributed by atoms with Crippen LogP contribution in [0.15, 0.2) is 24.3 Å². The minimum Gasteiger partial charge on any atom is -0.480 e. The van der Waals surface area contributed by atoms with E-state index in [0.29, 0.717) is 6.42 Å². The summed E-state index contributed by atoms with van der Waals surface area (Å²) in [6, 6.07) is 7.15. The van der Waals surface area contributed by atoms with Crippen LogP contribution in [-0.4, -0.2) is 23.7 Å². The summed E-state index contributed by atoms with van der Waals surface area (Å²) in [4.78, 5) is 10.8. The lowest BCUT2D eigenvalue weighted by Crippen LogP contribution is -2.32. The number of hydrogen-bond donors (Lipinski definition) is 3.